The first-order valence-corrected chi connectivity index (χ1v) is 12.9. The Hall–Kier alpha value is -2.93. The number of piperidine rings is 1. The maximum absolute atomic E-state index is 13.2. The molecule has 0 radical (unpaired) electrons. The summed E-state index contributed by atoms with van der Waals surface area (Å²) in [6.07, 6.45) is 3.82. The van der Waals surface area contributed by atoms with Crippen LogP contribution in [0.5, 0.6) is 0 Å². The van der Waals surface area contributed by atoms with Crippen molar-refractivity contribution >= 4 is 17.5 Å². The van der Waals surface area contributed by atoms with Crippen LogP contribution in [-0.4, -0.2) is 62.0 Å². The third-order valence-electron chi connectivity index (χ3n) is 7.16. The van der Waals surface area contributed by atoms with E-state index in [2.05, 4.69) is 27.7 Å². The van der Waals surface area contributed by atoms with Gasteiger partial charge in [-0.2, -0.15) is 0 Å². The van der Waals surface area contributed by atoms with E-state index >= 15 is 0 Å². The van der Waals surface area contributed by atoms with Crippen molar-refractivity contribution in [3.63, 3.8) is 0 Å². The lowest BCUT2D eigenvalue weighted by atomic mass is 10.0. The van der Waals surface area contributed by atoms with E-state index in [1.807, 2.05) is 30.0 Å². The van der Waals surface area contributed by atoms with Gasteiger partial charge >= 0.3 is 0 Å². The Kier molecular flexibility index (Phi) is 8.74. The molecule has 0 saturated carbocycles. The van der Waals surface area contributed by atoms with Crippen LogP contribution < -0.4 is 15.5 Å². The highest BCUT2D eigenvalue weighted by Crippen LogP contribution is 2.22. The molecule has 0 unspecified atom stereocenters. The van der Waals surface area contributed by atoms with Crippen molar-refractivity contribution in [2.24, 2.45) is 5.92 Å². The van der Waals surface area contributed by atoms with Gasteiger partial charge in [0.05, 0.1) is 6.42 Å². The number of benzene rings is 2. The first-order chi connectivity index (χ1) is 17.0. The fourth-order valence-corrected chi connectivity index (χ4v) is 5.08. The fraction of sp³-hybridized carbons (Fsp3) is 0.500. The van der Waals surface area contributed by atoms with Gasteiger partial charge in [-0.15, -0.1) is 0 Å². The molecular weight excluding hydrogens is 443 g/mol. The van der Waals surface area contributed by atoms with E-state index in [0.717, 1.165) is 56.7 Å². The van der Waals surface area contributed by atoms with Crippen LogP contribution in [0, 0.1) is 11.7 Å². The Bertz CT molecular complexity index is 989. The van der Waals surface area contributed by atoms with E-state index in [1.165, 1.54) is 17.8 Å². The summed E-state index contributed by atoms with van der Waals surface area (Å²) in [5.41, 5.74) is 3.06. The first kappa shape index (κ1) is 25.2. The zero-order valence-electron chi connectivity index (χ0n) is 20.6. The molecule has 4 rings (SSSR count). The zero-order valence-corrected chi connectivity index (χ0v) is 20.6. The van der Waals surface area contributed by atoms with Gasteiger partial charge in [0.1, 0.15) is 5.82 Å². The van der Waals surface area contributed by atoms with Gasteiger partial charge in [0, 0.05) is 57.4 Å². The van der Waals surface area contributed by atoms with Crippen LogP contribution in [0.25, 0.3) is 0 Å². The molecule has 2 fully saturated rings. The number of anilines is 1. The Balaban J connectivity index is 1.15. The molecule has 2 aromatic rings. The van der Waals surface area contributed by atoms with Crippen molar-refractivity contribution in [2.75, 3.05) is 44.2 Å². The third kappa shape index (κ3) is 7.28. The summed E-state index contributed by atoms with van der Waals surface area (Å²) in [7, 11) is 0. The molecule has 0 aromatic heterocycles. The average Bonchev–Trinajstić information content (AvgIpc) is 3.23. The lowest BCUT2D eigenvalue weighted by molar-refractivity contribution is -0.127. The number of halogens is 1. The van der Waals surface area contributed by atoms with E-state index in [9.17, 15) is 14.0 Å². The molecule has 188 valence electrons. The SMILES string of the molecule is CCN1C[C@H](CNC2CCN(c3ccc(CC(=O)NCCc4cccc(F)c4)cc3)CC2)CC1=O. The molecule has 35 heavy (non-hydrogen) atoms. The topological polar surface area (TPSA) is 64.7 Å². The minimum absolute atomic E-state index is 0.0212. The van der Waals surface area contributed by atoms with Gasteiger partial charge in [0.15, 0.2) is 0 Å². The Labute approximate surface area is 207 Å². The molecule has 0 bridgehead atoms. The number of amides is 2. The maximum Gasteiger partial charge on any atom is 0.224 e. The summed E-state index contributed by atoms with van der Waals surface area (Å²) in [5, 5.41) is 6.61. The fourth-order valence-electron chi connectivity index (χ4n) is 5.08. The lowest BCUT2D eigenvalue weighted by Crippen LogP contribution is -2.44. The summed E-state index contributed by atoms with van der Waals surface area (Å²) in [5.74, 6) is 0.456. The third-order valence-corrected chi connectivity index (χ3v) is 7.16. The van der Waals surface area contributed by atoms with Crippen LogP contribution in [-0.2, 0) is 22.4 Å². The van der Waals surface area contributed by atoms with Crippen LogP contribution >= 0.6 is 0 Å². The van der Waals surface area contributed by atoms with Crippen molar-refractivity contribution in [1.29, 1.82) is 0 Å². The highest BCUT2D eigenvalue weighted by molar-refractivity contribution is 5.79. The maximum atomic E-state index is 13.2. The Morgan fingerprint density at radius 1 is 1.09 bits per heavy atom. The van der Waals surface area contributed by atoms with Gasteiger partial charge in [-0.25, -0.2) is 4.39 Å². The predicted octanol–water partition coefficient (Wildman–Crippen LogP) is 3.15. The molecule has 7 heteroatoms. The summed E-state index contributed by atoms with van der Waals surface area (Å²) in [6, 6.07) is 15.3. The molecule has 2 aliphatic rings. The predicted molar refractivity (Wildman–Crippen MR) is 137 cm³/mol. The van der Waals surface area contributed by atoms with Crippen LogP contribution in [0.1, 0.15) is 37.3 Å². The van der Waals surface area contributed by atoms with E-state index in [-0.39, 0.29) is 11.7 Å². The van der Waals surface area contributed by atoms with Crippen LogP contribution in [0.15, 0.2) is 48.5 Å². The van der Waals surface area contributed by atoms with Crippen molar-refractivity contribution in [3.8, 4) is 0 Å². The number of carbonyl (C=O) groups is 2. The first-order valence-electron chi connectivity index (χ1n) is 12.9. The van der Waals surface area contributed by atoms with E-state index in [1.54, 1.807) is 6.07 Å². The van der Waals surface area contributed by atoms with Gasteiger partial charge < -0.3 is 20.4 Å². The number of nitrogens with one attached hydrogen (secondary N) is 2. The monoisotopic (exact) mass is 480 g/mol. The zero-order chi connectivity index (χ0) is 24.6. The van der Waals surface area contributed by atoms with E-state index < -0.39 is 0 Å². The molecule has 2 aromatic carbocycles. The highest BCUT2D eigenvalue weighted by atomic mass is 19.1. The summed E-state index contributed by atoms with van der Waals surface area (Å²) >= 11 is 0. The molecule has 0 aliphatic carbocycles. The molecule has 0 spiro atoms. The molecule has 2 aliphatic heterocycles. The van der Waals surface area contributed by atoms with Crippen molar-refractivity contribution in [3.05, 3.63) is 65.5 Å². The second kappa shape index (κ2) is 12.2. The Morgan fingerprint density at radius 2 is 1.86 bits per heavy atom. The number of hydrogen-bond acceptors (Lipinski definition) is 4. The van der Waals surface area contributed by atoms with Gasteiger partial charge in [0.25, 0.3) is 0 Å². The quantitative estimate of drug-likeness (QED) is 0.548. The normalized spacial score (nSPS) is 18.8. The highest BCUT2D eigenvalue weighted by Gasteiger charge is 2.29. The summed E-state index contributed by atoms with van der Waals surface area (Å²) < 4.78 is 13.2. The lowest BCUT2D eigenvalue weighted by Gasteiger charge is -2.34. The number of nitrogens with zero attached hydrogens (tertiary/aromatic N) is 2. The van der Waals surface area contributed by atoms with Gasteiger partial charge in [-0.1, -0.05) is 24.3 Å². The van der Waals surface area contributed by atoms with E-state index in [4.69, 9.17) is 0 Å². The van der Waals surface area contributed by atoms with Gasteiger partial charge in [0.2, 0.25) is 11.8 Å². The molecular formula is C28H37FN4O2. The van der Waals surface area contributed by atoms with Crippen molar-refractivity contribution < 1.29 is 14.0 Å². The van der Waals surface area contributed by atoms with Gasteiger partial charge in [-0.05, 0) is 67.5 Å². The van der Waals surface area contributed by atoms with Gasteiger partial charge in [-0.3, -0.25) is 9.59 Å². The van der Waals surface area contributed by atoms with Crippen molar-refractivity contribution in [1.82, 2.24) is 15.5 Å². The molecule has 2 N–H and O–H groups in total. The number of rotatable bonds is 10. The molecule has 6 nitrogen and oxygen atoms in total. The largest absolute Gasteiger partial charge is 0.371 e. The van der Waals surface area contributed by atoms with Crippen LogP contribution in [0.3, 0.4) is 0 Å². The number of carbonyl (C=O) groups excluding carboxylic acids is 2. The molecule has 2 heterocycles. The average molecular weight is 481 g/mol. The number of hydrogen-bond donors (Lipinski definition) is 2. The minimum atomic E-state index is -0.250. The van der Waals surface area contributed by atoms with Crippen molar-refractivity contribution in [2.45, 2.75) is 45.1 Å². The van der Waals surface area contributed by atoms with E-state index in [0.29, 0.717) is 43.7 Å². The Morgan fingerprint density at radius 3 is 2.54 bits per heavy atom. The molecule has 2 amide bonds. The van der Waals surface area contributed by atoms with Crippen LogP contribution in [0.4, 0.5) is 10.1 Å². The standard InChI is InChI=1S/C28H37FN4O2/c1-2-32-20-23(18-28(32)35)19-31-25-11-14-33(15-12-25)26-8-6-22(7-9-26)17-27(34)30-13-10-21-4-3-5-24(29)16-21/h3-9,16,23,25,31H,2,10-15,17-20H2,1H3,(H,30,34)/t23-/m0/s1. The number of likely N-dealkylation sites (tertiary alicyclic amines) is 1. The van der Waals surface area contributed by atoms with Crippen LogP contribution in [0.2, 0.25) is 0 Å². The smallest absolute Gasteiger partial charge is 0.224 e. The summed E-state index contributed by atoms with van der Waals surface area (Å²) in [4.78, 5) is 28.6. The summed E-state index contributed by atoms with van der Waals surface area (Å²) in [6.45, 7) is 7.17. The second-order valence-electron chi connectivity index (χ2n) is 9.75. The minimum Gasteiger partial charge on any atom is -0.371 e. The second-order valence-corrected chi connectivity index (χ2v) is 9.75. The molecule has 2 saturated heterocycles. The molecule has 1 atom stereocenters.